The largest absolute Gasteiger partial charge is 0.478 e. The van der Waals surface area contributed by atoms with Gasteiger partial charge in [0.25, 0.3) is 5.91 Å². The zero-order valence-corrected chi connectivity index (χ0v) is 11.9. The predicted molar refractivity (Wildman–Crippen MR) is 76.8 cm³/mol. The minimum Gasteiger partial charge on any atom is -0.478 e. The van der Waals surface area contributed by atoms with Crippen LogP contribution >= 0.6 is 0 Å². The summed E-state index contributed by atoms with van der Waals surface area (Å²) in [6, 6.07) is 3.29. The highest BCUT2D eigenvalue weighted by atomic mass is 16.5. The van der Waals surface area contributed by atoms with E-state index >= 15 is 0 Å². The van der Waals surface area contributed by atoms with Crippen molar-refractivity contribution in [2.75, 3.05) is 20.2 Å². The number of nitrogens with zero attached hydrogens (tertiary/aromatic N) is 2. The summed E-state index contributed by atoms with van der Waals surface area (Å²) >= 11 is 0. The van der Waals surface area contributed by atoms with E-state index in [1.807, 2.05) is 0 Å². The molecule has 1 N–H and O–H groups in total. The van der Waals surface area contributed by atoms with Crippen LogP contribution in [0.15, 0.2) is 24.4 Å². The van der Waals surface area contributed by atoms with Gasteiger partial charge in [-0.05, 0) is 30.5 Å². The van der Waals surface area contributed by atoms with Gasteiger partial charge in [-0.3, -0.25) is 9.78 Å². The van der Waals surface area contributed by atoms with Crippen LogP contribution in [-0.4, -0.2) is 53.2 Å². The Balaban J connectivity index is 2.04. The van der Waals surface area contributed by atoms with E-state index < -0.39 is 5.97 Å². The Morgan fingerprint density at radius 2 is 2.29 bits per heavy atom. The number of amides is 1. The van der Waals surface area contributed by atoms with Gasteiger partial charge in [-0.15, -0.1) is 0 Å². The zero-order chi connectivity index (χ0) is 15.2. The highest BCUT2D eigenvalue weighted by Gasteiger charge is 2.24. The van der Waals surface area contributed by atoms with Gasteiger partial charge in [-0.25, -0.2) is 4.79 Å². The van der Waals surface area contributed by atoms with Crippen LogP contribution in [0.25, 0.3) is 6.08 Å². The van der Waals surface area contributed by atoms with Crippen LogP contribution in [0.1, 0.15) is 28.9 Å². The van der Waals surface area contributed by atoms with Gasteiger partial charge in [0.1, 0.15) is 5.69 Å². The van der Waals surface area contributed by atoms with Crippen molar-refractivity contribution in [3.8, 4) is 0 Å². The molecule has 1 saturated heterocycles. The number of carboxylic acid groups (broad SMARTS) is 1. The molecule has 1 amide bonds. The van der Waals surface area contributed by atoms with Crippen molar-refractivity contribution in [1.82, 2.24) is 9.88 Å². The molecule has 0 spiro atoms. The minimum absolute atomic E-state index is 0.0838. The lowest BCUT2D eigenvalue weighted by Gasteiger charge is -2.31. The molecule has 1 fully saturated rings. The van der Waals surface area contributed by atoms with Gasteiger partial charge in [-0.2, -0.15) is 0 Å². The number of pyridine rings is 1. The number of hydrogen-bond acceptors (Lipinski definition) is 4. The lowest BCUT2D eigenvalue weighted by atomic mass is 10.1. The van der Waals surface area contributed by atoms with Gasteiger partial charge in [0, 0.05) is 32.5 Å². The van der Waals surface area contributed by atoms with Crippen LogP contribution in [0.4, 0.5) is 0 Å². The molecule has 1 aliphatic heterocycles. The minimum atomic E-state index is -1.02. The summed E-state index contributed by atoms with van der Waals surface area (Å²) in [7, 11) is 1.65. The maximum atomic E-state index is 12.3. The van der Waals surface area contributed by atoms with E-state index in [9.17, 15) is 9.59 Å². The smallest absolute Gasteiger partial charge is 0.328 e. The van der Waals surface area contributed by atoms with Crippen molar-refractivity contribution >= 4 is 18.0 Å². The lowest BCUT2D eigenvalue weighted by Crippen LogP contribution is -2.43. The van der Waals surface area contributed by atoms with Crippen molar-refractivity contribution in [1.29, 1.82) is 0 Å². The van der Waals surface area contributed by atoms with Crippen LogP contribution in [0, 0.1) is 0 Å². The zero-order valence-electron chi connectivity index (χ0n) is 11.9. The number of methoxy groups -OCH3 is 1. The summed E-state index contributed by atoms with van der Waals surface area (Å²) < 4.78 is 5.30. The first-order valence-electron chi connectivity index (χ1n) is 6.79. The average molecular weight is 290 g/mol. The fraction of sp³-hybridized carbons (Fsp3) is 0.400. The molecule has 1 unspecified atom stereocenters. The highest BCUT2D eigenvalue weighted by molar-refractivity contribution is 5.92. The second-order valence-electron chi connectivity index (χ2n) is 4.90. The van der Waals surface area contributed by atoms with E-state index in [2.05, 4.69) is 4.98 Å². The molecule has 6 heteroatoms. The fourth-order valence-electron chi connectivity index (χ4n) is 2.27. The van der Waals surface area contributed by atoms with Gasteiger partial charge in [-0.1, -0.05) is 6.07 Å². The summed E-state index contributed by atoms with van der Waals surface area (Å²) in [6.45, 7) is 1.29. The molecule has 0 radical (unpaired) electrons. The summed E-state index contributed by atoms with van der Waals surface area (Å²) in [5, 5.41) is 8.56. The molecule has 1 aromatic heterocycles. The third kappa shape index (κ3) is 4.13. The Bertz CT molecular complexity index is 539. The number of aliphatic carboxylic acids is 1. The molecule has 0 bridgehead atoms. The van der Waals surface area contributed by atoms with Crippen molar-refractivity contribution in [2.24, 2.45) is 0 Å². The highest BCUT2D eigenvalue weighted by Crippen LogP contribution is 2.15. The molecule has 1 aromatic rings. The molecule has 0 saturated carbocycles. The monoisotopic (exact) mass is 290 g/mol. The van der Waals surface area contributed by atoms with Crippen LogP contribution in [-0.2, 0) is 9.53 Å². The van der Waals surface area contributed by atoms with Gasteiger partial charge in [0.15, 0.2) is 0 Å². The number of hydrogen-bond donors (Lipinski definition) is 1. The maximum Gasteiger partial charge on any atom is 0.328 e. The van der Waals surface area contributed by atoms with E-state index in [-0.39, 0.29) is 12.0 Å². The standard InChI is InChI=1S/C15H18N2O4/c1-21-12-3-2-8-17(10-12)15(20)13-6-4-11(9-16-13)5-7-14(18)19/h4-7,9,12H,2-3,8,10H2,1H3,(H,18,19)/b7-5+. The van der Waals surface area contributed by atoms with Crippen LogP contribution in [0.3, 0.4) is 0 Å². The Morgan fingerprint density at radius 3 is 2.90 bits per heavy atom. The molecule has 1 atom stereocenters. The van der Waals surface area contributed by atoms with E-state index in [1.165, 1.54) is 12.3 Å². The number of carboxylic acids is 1. The molecule has 6 nitrogen and oxygen atoms in total. The van der Waals surface area contributed by atoms with Crippen LogP contribution in [0.2, 0.25) is 0 Å². The summed E-state index contributed by atoms with van der Waals surface area (Å²) in [4.78, 5) is 28.6. The van der Waals surface area contributed by atoms with Crippen molar-refractivity contribution in [3.05, 3.63) is 35.7 Å². The average Bonchev–Trinajstić information content (AvgIpc) is 2.52. The third-order valence-electron chi connectivity index (χ3n) is 3.42. The number of carbonyl (C=O) groups excluding carboxylic acids is 1. The van der Waals surface area contributed by atoms with Crippen molar-refractivity contribution in [3.63, 3.8) is 0 Å². The molecular weight excluding hydrogens is 272 g/mol. The molecule has 2 heterocycles. The molecule has 0 aromatic carbocycles. The topological polar surface area (TPSA) is 79.7 Å². The molecule has 2 rings (SSSR count). The van der Waals surface area contributed by atoms with Crippen molar-refractivity contribution < 1.29 is 19.4 Å². The first-order valence-corrected chi connectivity index (χ1v) is 6.79. The second-order valence-corrected chi connectivity index (χ2v) is 4.90. The molecule has 21 heavy (non-hydrogen) atoms. The summed E-state index contributed by atoms with van der Waals surface area (Å²) in [5.41, 5.74) is 1.00. The van der Waals surface area contributed by atoms with Gasteiger partial charge < -0.3 is 14.7 Å². The summed E-state index contributed by atoms with van der Waals surface area (Å²) in [6.07, 6.45) is 5.93. The number of piperidine rings is 1. The Labute approximate surface area is 123 Å². The first kappa shape index (κ1) is 15.2. The lowest BCUT2D eigenvalue weighted by molar-refractivity contribution is -0.131. The predicted octanol–water partition coefficient (Wildman–Crippen LogP) is 1.43. The number of carbonyl (C=O) groups is 2. The molecule has 0 aliphatic carbocycles. The van der Waals surface area contributed by atoms with E-state index in [0.717, 1.165) is 18.9 Å². The summed E-state index contributed by atoms with van der Waals surface area (Å²) in [5.74, 6) is -1.14. The van der Waals surface area contributed by atoms with E-state index in [0.29, 0.717) is 24.3 Å². The van der Waals surface area contributed by atoms with Crippen LogP contribution < -0.4 is 0 Å². The fourth-order valence-corrected chi connectivity index (χ4v) is 2.27. The van der Waals surface area contributed by atoms with E-state index in [4.69, 9.17) is 9.84 Å². The first-order chi connectivity index (χ1) is 10.1. The van der Waals surface area contributed by atoms with Gasteiger partial charge in [0.2, 0.25) is 0 Å². The Kier molecular flexibility index (Phi) is 5.05. The molecule has 112 valence electrons. The van der Waals surface area contributed by atoms with Crippen molar-refractivity contribution in [2.45, 2.75) is 18.9 Å². The maximum absolute atomic E-state index is 12.3. The Hall–Kier alpha value is -2.21. The van der Waals surface area contributed by atoms with Gasteiger partial charge in [0.05, 0.1) is 6.10 Å². The molecular formula is C15H18N2O4. The second kappa shape index (κ2) is 6.99. The number of rotatable bonds is 4. The van der Waals surface area contributed by atoms with E-state index in [1.54, 1.807) is 24.1 Å². The van der Waals surface area contributed by atoms with Crippen LogP contribution in [0.5, 0.6) is 0 Å². The normalized spacial score (nSPS) is 18.9. The third-order valence-corrected chi connectivity index (χ3v) is 3.42. The number of aromatic nitrogens is 1. The number of likely N-dealkylation sites (tertiary alicyclic amines) is 1. The SMILES string of the molecule is COC1CCCN(C(=O)c2ccc(/C=C/C(=O)O)cn2)C1. The Morgan fingerprint density at radius 1 is 1.48 bits per heavy atom. The quantitative estimate of drug-likeness (QED) is 0.849. The molecule has 1 aliphatic rings. The van der Waals surface area contributed by atoms with Gasteiger partial charge >= 0.3 is 5.97 Å². The number of ether oxygens (including phenoxy) is 1.